The lowest BCUT2D eigenvalue weighted by Gasteiger charge is -2.39. The van der Waals surface area contributed by atoms with Crippen LogP contribution in [0.3, 0.4) is 0 Å². The monoisotopic (exact) mass is 441 g/mol. The number of benzene rings is 3. The predicted molar refractivity (Wildman–Crippen MR) is 135 cm³/mol. The van der Waals surface area contributed by atoms with Gasteiger partial charge in [0, 0.05) is 43.1 Å². The van der Waals surface area contributed by atoms with Gasteiger partial charge in [0.15, 0.2) is 0 Å². The zero-order valence-electron chi connectivity index (χ0n) is 19.3. The minimum absolute atomic E-state index is 0.0870. The van der Waals surface area contributed by atoms with E-state index in [-0.39, 0.29) is 18.0 Å². The molecule has 0 bridgehead atoms. The maximum Gasteiger partial charge on any atom is 0.224 e. The van der Waals surface area contributed by atoms with Gasteiger partial charge in [-0.25, -0.2) is 0 Å². The Kier molecular flexibility index (Phi) is 6.05. The Labute approximate surface area is 196 Å². The SMILES string of the molecule is CC(=O)N1c2ccc(-c3cccc(N4CCOCC4)c3)cc2[C@@H](Nc2ccccc2)C[C@H]1C. The number of amides is 1. The third kappa shape index (κ3) is 4.46. The summed E-state index contributed by atoms with van der Waals surface area (Å²) in [5.41, 5.74) is 6.85. The molecule has 0 saturated carbocycles. The summed E-state index contributed by atoms with van der Waals surface area (Å²) in [7, 11) is 0. The lowest BCUT2D eigenvalue weighted by molar-refractivity contribution is -0.117. The number of nitrogens with one attached hydrogen (secondary N) is 1. The highest BCUT2D eigenvalue weighted by atomic mass is 16.5. The Morgan fingerprint density at radius 2 is 1.70 bits per heavy atom. The van der Waals surface area contributed by atoms with Crippen molar-refractivity contribution in [2.75, 3.05) is 41.4 Å². The molecule has 0 spiro atoms. The molecule has 2 atom stereocenters. The van der Waals surface area contributed by atoms with Crippen LogP contribution in [0.4, 0.5) is 17.1 Å². The second kappa shape index (κ2) is 9.28. The average molecular weight is 442 g/mol. The maximum atomic E-state index is 12.5. The van der Waals surface area contributed by atoms with E-state index in [2.05, 4.69) is 71.7 Å². The second-order valence-electron chi connectivity index (χ2n) is 8.96. The molecule has 2 heterocycles. The highest BCUT2D eigenvalue weighted by Gasteiger charge is 2.32. The number of ether oxygens (including phenoxy) is 1. The van der Waals surface area contributed by atoms with Crippen LogP contribution < -0.4 is 15.1 Å². The molecule has 170 valence electrons. The van der Waals surface area contributed by atoms with Gasteiger partial charge in [-0.05, 0) is 66.4 Å². The summed E-state index contributed by atoms with van der Waals surface area (Å²) in [6, 6.07) is 25.8. The molecule has 5 heteroatoms. The molecular formula is C28H31N3O2. The molecule has 0 radical (unpaired) electrons. The number of hydrogen-bond acceptors (Lipinski definition) is 4. The summed E-state index contributed by atoms with van der Waals surface area (Å²) in [5.74, 6) is 0.0870. The van der Waals surface area contributed by atoms with E-state index in [4.69, 9.17) is 4.74 Å². The van der Waals surface area contributed by atoms with Crippen LogP contribution in [0, 0.1) is 0 Å². The fourth-order valence-electron chi connectivity index (χ4n) is 5.10. The standard InChI is InChI=1S/C28H31N3O2/c1-20-17-27(29-24-8-4-3-5-9-24)26-19-23(11-12-28(26)31(20)21(2)32)22-7-6-10-25(18-22)30-13-15-33-16-14-30/h3-12,18-20,27,29H,13-17H2,1-2H3/t20-,27+/m1/s1. The van der Waals surface area contributed by atoms with Crippen LogP contribution in [0.15, 0.2) is 72.8 Å². The van der Waals surface area contributed by atoms with Crippen molar-refractivity contribution < 1.29 is 9.53 Å². The summed E-state index contributed by atoms with van der Waals surface area (Å²) in [4.78, 5) is 16.8. The summed E-state index contributed by atoms with van der Waals surface area (Å²) in [6.07, 6.45) is 0.860. The molecular weight excluding hydrogens is 410 g/mol. The van der Waals surface area contributed by atoms with Gasteiger partial charge in [-0.2, -0.15) is 0 Å². The number of para-hydroxylation sites is 1. The number of rotatable bonds is 4. The number of fused-ring (bicyclic) bond motifs is 1. The first kappa shape index (κ1) is 21.5. The van der Waals surface area contributed by atoms with Gasteiger partial charge >= 0.3 is 0 Å². The van der Waals surface area contributed by atoms with E-state index >= 15 is 0 Å². The first-order valence-electron chi connectivity index (χ1n) is 11.8. The van der Waals surface area contributed by atoms with Crippen molar-refractivity contribution in [3.63, 3.8) is 0 Å². The summed E-state index contributed by atoms with van der Waals surface area (Å²) >= 11 is 0. The number of hydrogen-bond donors (Lipinski definition) is 1. The molecule has 0 aliphatic carbocycles. The van der Waals surface area contributed by atoms with Crippen LogP contribution in [0.5, 0.6) is 0 Å². The van der Waals surface area contributed by atoms with Gasteiger partial charge in [0.05, 0.1) is 19.3 Å². The van der Waals surface area contributed by atoms with Gasteiger partial charge in [0.25, 0.3) is 0 Å². The van der Waals surface area contributed by atoms with E-state index in [0.717, 1.165) is 44.1 Å². The quantitative estimate of drug-likeness (QED) is 0.582. The zero-order valence-corrected chi connectivity index (χ0v) is 19.3. The maximum absolute atomic E-state index is 12.5. The van der Waals surface area contributed by atoms with E-state index in [1.54, 1.807) is 6.92 Å². The van der Waals surface area contributed by atoms with E-state index in [0.29, 0.717) is 0 Å². The Morgan fingerprint density at radius 1 is 0.939 bits per heavy atom. The van der Waals surface area contributed by atoms with Gasteiger partial charge in [-0.15, -0.1) is 0 Å². The normalized spacial score (nSPS) is 20.3. The highest BCUT2D eigenvalue weighted by Crippen LogP contribution is 2.41. The van der Waals surface area contributed by atoms with Gasteiger partial charge < -0.3 is 19.9 Å². The number of nitrogens with zero attached hydrogens (tertiary/aromatic N) is 2. The molecule has 1 fully saturated rings. The van der Waals surface area contributed by atoms with Gasteiger partial charge in [-0.1, -0.05) is 36.4 Å². The third-order valence-corrected chi connectivity index (χ3v) is 6.69. The summed E-state index contributed by atoms with van der Waals surface area (Å²) < 4.78 is 5.52. The largest absolute Gasteiger partial charge is 0.378 e. The Morgan fingerprint density at radius 3 is 2.45 bits per heavy atom. The molecule has 3 aromatic rings. The first-order chi connectivity index (χ1) is 16.1. The first-order valence-corrected chi connectivity index (χ1v) is 11.8. The molecule has 2 aliphatic rings. The minimum Gasteiger partial charge on any atom is -0.378 e. The fourth-order valence-corrected chi connectivity index (χ4v) is 5.10. The number of carbonyl (C=O) groups is 1. The van der Waals surface area contributed by atoms with E-state index in [1.165, 1.54) is 22.4 Å². The molecule has 5 rings (SSSR count). The Balaban J connectivity index is 1.52. The Hall–Kier alpha value is -3.31. The average Bonchev–Trinajstić information content (AvgIpc) is 2.85. The van der Waals surface area contributed by atoms with E-state index < -0.39 is 0 Å². The molecule has 33 heavy (non-hydrogen) atoms. The molecule has 1 N–H and O–H groups in total. The lowest BCUT2D eigenvalue weighted by Crippen LogP contribution is -2.43. The van der Waals surface area contributed by atoms with Crippen molar-refractivity contribution in [1.29, 1.82) is 0 Å². The summed E-state index contributed by atoms with van der Waals surface area (Å²) in [5, 5.41) is 3.71. The number of carbonyl (C=O) groups excluding carboxylic acids is 1. The van der Waals surface area contributed by atoms with Crippen LogP contribution in [-0.2, 0) is 9.53 Å². The number of anilines is 3. The lowest BCUT2D eigenvalue weighted by atomic mass is 9.88. The van der Waals surface area contributed by atoms with Gasteiger partial charge in [-0.3, -0.25) is 4.79 Å². The minimum atomic E-state index is 0.0870. The predicted octanol–water partition coefficient (Wildman–Crippen LogP) is 5.49. The third-order valence-electron chi connectivity index (χ3n) is 6.69. The molecule has 3 aromatic carbocycles. The van der Waals surface area contributed by atoms with E-state index in [9.17, 15) is 4.79 Å². The smallest absolute Gasteiger partial charge is 0.224 e. The van der Waals surface area contributed by atoms with Crippen molar-refractivity contribution in [2.45, 2.75) is 32.4 Å². The van der Waals surface area contributed by atoms with Crippen LogP contribution in [-0.4, -0.2) is 38.3 Å². The van der Waals surface area contributed by atoms with Crippen molar-refractivity contribution in [3.8, 4) is 11.1 Å². The molecule has 0 unspecified atom stereocenters. The number of morpholine rings is 1. The molecule has 2 aliphatic heterocycles. The molecule has 0 aromatic heterocycles. The fraction of sp³-hybridized carbons (Fsp3) is 0.321. The van der Waals surface area contributed by atoms with Crippen LogP contribution >= 0.6 is 0 Å². The van der Waals surface area contributed by atoms with Crippen molar-refractivity contribution in [1.82, 2.24) is 0 Å². The zero-order chi connectivity index (χ0) is 22.8. The van der Waals surface area contributed by atoms with Crippen molar-refractivity contribution in [2.24, 2.45) is 0 Å². The molecule has 1 amide bonds. The van der Waals surface area contributed by atoms with Crippen LogP contribution in [0.1, 0.15) is 31.9 Å². The highest BCUT2D eigenvalue weighted by molar-refractivity contribution is 5.94. The van der Waals surface area contributed by atoms with Crippen LogP contribution in [0.2, 0.25) is 0 Å². The van der Waals surface area contributed by atoms with Crippen molar-refractivity contribution >= 4 is 23.0 Å². The summed E-state index contributed by atoms with van der Waals surface area (Å²) in [6.45, 7) is 7.17. The van der Waals surface area contributed by atoms with E-state index in [1.807, 2.05) is 23.1 Å². The van der Waals surface area contributed by atoms with Gasteiger partial charge in [0.2, 0.25) is 5.91 Å². The van der Waals surface area contributed by atoms with Crippen molar-refractivity contribution in [3.05, 3.63) is 78.4 Å². The topological polar surface area (TPSA) is 44.8 Å². The second-order valence-corrected chi connectivity index (χ2v) is 8.96. The van der Waals surface area contributed by atoms with Crippen LogP contribution in [0.25, 0.3) is 11.1 Å². The van der Waals surface area contributed by atoms with Gasteiger partial charge in [0.1, 0.15) is 0 Å². The Bertz CT molecular complexity index is 1120. The molecule has 1 saturated heterocycles. The molecule has 5 nitrogen and oxygen atoms in total.